The molecule has 1 aromatic rings. The van der Waals surface area contributed by atoms with E-state index in [2.05, 4.69) is 10.0 Å². The van der Waals surface area contributed by atoms with E-state index in [1.54, 1.807) is 7.05 Å². The fourth-order valence-electron chi connectivity index (χ4n) is 1.39. The first-order valence-electron chi connectivity index (χ1n) is 5.50. The van der Waals surface area contributed by atoms with Crippen LogP contribution in [0.1, 0.15) is 12.5 Å². The lowest BCUT2D eigenvalue weighted by Crippen LogP contribution is -2.33. The van der Waals surface area contributed by atoms with E-state index in [9.17, 15) is 21.6 Å². The minimum absolute atomic E-state index is 0.107. The van der Waals surface area contributed by atoms with Crippen molar-refractivity contribution >= 4 is 15.7 Å². The van der Waals surface area contributed by atoms with Crippen molar-refractivity contribution in [3.05, 3.63) is 29.8 Å². The summed E-state index contributed by atoms with van der Waals surface area (Å²) in [6, 6.07) is 3.85. The number of anilines is 1. The van der Waals surface area contributed by atoms with Crippen molar-refractivity contribution in [3.63, 3.8) is 0 Å². The molecule has 0 fully saturated rings. The molecule has 0 bridgehead atoms. The third-order valence-corrected chi connectivity index (χ3v) is 4.24. The lowest BCUT2D eigenvalue weighted by atomic mass is 10.2. The lowest BCUT2D eigenvalue weighted by Gasteiger charge is -2.15. The van der Waals surface area contributed by atoms with E-state index in [0.717, 1.165) is 24.3 Å². The first-order valence-corrected chi connectivity index (χ1v) is 7.05. The molecule has 0 radical (unpaired) electrons. The van der Waals surface area contributed by atoms with E-state index in [0.29, 0.717) is 0 Å². The second-order valence-electron chi connectivity index (χ2n) is 4.09. The van der Waals surface area contributed by atoms with Gasteiger partial charge in [0.1, 0.15) is 0 Å². The van der Waals surface area contributed by atoms with Crippen LogP contribution < -0.4 is 10.0 Å². The number of alkyl halides is 3. The molecule has 8 heteroatoms. The second kappa shape index (κ2) is 5.79. The van der Waals surface area contributed by atoms with E-state index < -0.39 is 27.0 Å². The second-order valence-corrected chi connectivity index (χ2v) is 6.19. The Morgan fingerprint density at radius 1 is 1.21 bits per heavy atom. The molecule has 1 rings (SSSR count). The average Bonchev–Trinajstić information content (AvgIpc) is 2.28. The van der Waals surface area contributed by atoms with Crippen molar-refractivity contribution in [1.29, 1.82) is 0 Å². The minimum Gasteiger partial charge on any atom is -0.318 e. The Hall–Kier alpha value is -1.28. The zero-order valence-electron chi connectivity index (χ0n) is 10.5. The summed E-state index contributed by atoms with van der Waals surface area (Å²) in [5.74, 6) is 0. The van der Waals surface area contributed by atoms with Gasteiger partial charge in [-0.3, -0.25) is 4.72 Å². The van der Waals surface area contributed by atoms with Crippen molar-refractivity contribution < 1.29 is 21.6 Å². The standard InChI is InChI=1S/C11H15F3N2O2S/c1-8(7-15-2)19(17,18)16-10-5-3-9(4-6-10)11(12,13)14/h3-6,8,15-16H,7H2,1-2H3. The zero-order valence-corrected chi connectivity index (χ0v) is 11.3. The molecule has 0 saturated heterocycles. The Morgan fingerprint density at radius 3 is 2.16 bits per heavy atom. The number of hydrogen-bond donors (Lipinski definition) is 2. The molecule has 0 aliphatic carbocycles. The SMILES string of the molecule is CNCC(C)S(=O)(=O)Nc1ccc(C(F)(F)F)cc1. The van der Waals surface area contributed by atoms with Gasteiger partial charge in [-0.2, -0.15) is 13.2 Å². The molecule has 19 heavy (non-hydrogen) atoms. The molecule has 2 N–H and O–H groups in total. The number of benzene rings is 1. The third-order valence-electron chi connectivity index (χ3n) is 2.49. The average molecular weight is 296 g/mol. The molecule has 4 nitrogen and oxygen atoms in total. The van der Waals surface area contributed by atoms with Gasteiger partial charge in [0, 0.05) is 12.2 Å². The van der Waals surface area contributed by atoms with Crippen LogP contribution in [0.2, 0.25) is 0 Å². The summed E-state index contributed by atoms with van der Waals surface area (Å²) in [7, 11) is -2.00. The maximum absolute atomic E-state index is 12.3. The summed E-state index contributed by atoms with van der Waals surface area (Å²) in [5, 5.41) is 2.03. The highest BCUT2D eigenvalue weighted by Gasteiger charge is 2.30. The summed E-state index contributed by atoms with van der Waals surface area (Å²) in [6.45, 7) is 1.75. The van der Waals surface area contributed by atoms with Crippen molar-refractivity contribution in [3.8, 4) is 0 Å². The number of hydrogen-bond acceptors (Lipinski definition) is 3. The topological polar surface area (TPSA) is 58.2 Å². The number of sulfonamides is 1. The van der Waals surface area contributed by atoms with E-state index in [1.165, 1.54) is 6.92 Å². The van der Waals surface area contributed by atoms with E-state index in [1.807, 2.05) is 0 Å². The highest BCUT2D eigenvalue weighted by Crippen LogP contribution is 2.30. The van der Waals surface area contributed by atoms with Gasteiger partial charge >= 0.3 is 6.18 Å². The molecule has 1 aromatic carbocycles. The Bertz CT molecular complexity index is 512. The van der Waals surface area contributed by atoms with Crippen LogP contribution in [0.4, 0.5) is 18.9 Å². The Kier molecular flexibility index (Phi) is 4.81. The molecule has 0 spiro atoms. The number of halogens is 3. The largest absolute Gasteiger partial charge is 0.416 e. The first kappa shape index (κ1) is 15.8. The summed E-state index contributed by atoms with van der Waals surface area (Å²) < 4.78 is 62.9. The minimum atomic E-state index is -4.43. The molecule has 1 unspecified atom stereocenters. The highest BCUT2D eigenvalue weighted by molar-refractivity contribution is 7.93. The smallest absolute Gasteiger partial charge is 0.318 e. The quantitative estimate of drug-likeness (QED) is 0.874. The molecule has 0 heterocycles. The normalized spacial score (nSPS) is 14.2. The maximum Gasteiger partial charge on any atom is 0.416 e. The van der Waals surface area contributed by atoms with Crippen molar-refractivity contribution in [2.45, 2.75) is 18.3 Å². The van der Waals surface area contributed by atoms with Gasteiger partial charge in [0.15, 0.2) is 0 Å². The van der Waals surface area contributed by atoms with Crippen LogP contribution in [0.3, 0.4) is 0 Å². The van der Waals surface area contributed by atoms with E-state index >= 15 is 0 Å². The summed E-state index contributed by atoms with van der Waals surface area (Å²) in [5.41, 5.74) is -0.713. The summed E-state index contributed by atoms with van der Waals surface area (Å²) >= 11 is 0. The van der Waals surface area contributed by atoms with Crippen LogP contribution in [0, 0.1) is 0 Å². The molecular weight excluding hydrogens is 281 g/mol. The zero-order chi connectivity index (χ0) is 14.7. The van der Waals surface area contributed by atoms with E-state index in [-0.39, 0.29) is 12.2 Å². The highest BCUT2D eigenvalue weighted by atomic mass is 32.2. The van der Waals surface area contributed by atoms with Gasteiger partial charge in [0.05, 0.1) is 10.8 Å². The van der Waals surface area contributed by atoms with E-state index in [4.69, 9.17) is 0 Å². The van der Waals surface area contributed by atoms with Crippen LogP contribution in [0.15, 0.2) is 24.3 Å². The van der Waals surface area contributed by atoms with Gasteiger partial charge in [-0.25, -0.2) is 8.42 Å². The predicted molar refractivity (Wildman–Crippen MR) is 67.4 cm³/mol. The van der Waals surface area contributed by atoms with Gasteiger partial charge in [0.25, 0.3) is 0 Å². The van der Waals surface area contributed by atoms with Crippen LogP contribution in [-0.2, 0) is 16.2 Å². The number of nitrogens with one attached hydrogen (secondary N) is 2. The number of rotatable bonds is 5. The Labute approximate surface area is 110 Å². The molecule has 1 atom stereocenters. The summed E-state index contributed by atoms with van der Waals surface area (Å²) in [6.07, 6.45) is -4.43. The Balaban J connectivity index is 2.84. The fourth-order valence-corrected chi connectivity index (χ4v) is 2.44. The van der Waals surface area contributed by atoms with Crippen LogP contribution in [-0.4, -0.2) is 27.3 Å². The molecule has 0 aromatic heterocycles. The Morgan fingerprint density at radius 2 is 1.74 bits per heavy atom. The van der Waals surface area contributed by atoms with Crippen LogP contribution >= 0.6 is 0 Å². The van der Waals surface area contributed by atoms with Crippen LogP contribution in [0.25, 0.3) is 0 Å². The van der Waals surface area contributed by atoms with Crippen molar-refractivity contribution in [1.82, 2.24) is 5.32 Å². The molecule has 0 aliphatic heterocycles. The van der Waals surface area contributed by atoms with Gasteiger partial charge in [0.2, 0.25) is 10.0 Å². The third kappa shape index (κ3) is 4.39. The van der Waals surface area contributed by atoms with Gasteiger partial charge in [-0.05, 0) is 38.2 Å². The monoisotopic (exact) mass is 296 g/mol. The van der Waals surface area contributed by atoms with Crippen molar-refractivity contribution in [2.24, 2.45) is 0 Å². The molecule has 0 saturated carbocycles. The molecular formula is C11H15F3N2O2S. The molecule has 0 amide bonds. The van der Waals surface area contributed by atoms with Crippen LogP contribution in [0.5, 0.6) is 0 Å². The van der Waals surface area contributed by atoms with Gasteiger partial charge in [-0.15, -0.1) is 0 Å². The van der Waals surface area contributed by atoms with Gasteiger partial charge < -0.3 is 5.32 Å². The molecule has 108 valence electrons. The summed E-state index contributed by atoms with van der Waals surface area (Å²) in [4.78, 5) is 0. The molecule has 0 aliphatic rings. The lowest BCUT2D eigenvalue weighted by molar-refractivity contribution is -0.137. The first-order chi connectivity index (χ1) is 8.66. The van der Waals surface area contributed by atoms with Gasteiger partial charge in [-0.1, -0.05) is 0 Å². The maximum atomic E-state index is 12.3. The fraction of sp³-hybridized carbons (Fsp3) is 0.455. The van der Waals surface area contributed by atoms with Crippen molar-refractivity contribution in [2.75, 3.05) is 18.3 Å². The predicted octanol–water partition coefficient (Wildman–Crippen LogP) is 2.05.